The summed E-state index contributed by atoms with van der Waals surface area (Å²) in [6, 6.07) is 1.95. The molecule has 1 fully saturated rings. The molecule has 1 atom stereocenters. The molecule has 4 rings (SSSR count). The van der Waals surface area contributed by atoms with Crippen molar-refractivity contribution in [2.45, 2.75) is 39.7 Å². The van der Waals surface area contributed by atoms with Gasteiger partial charge in [-0.3, -0.25) is 9.48 Å². The molecule has 0 N–H and O–H groups in total. The second-order valence-electron chi connectivity index (χ2n) is 6.76. The predicted octanol–water partition coefficient (Wildman–Crippen LogP) is 2.37. The van der Waals surface area contributed by atoms with Crippen molar-refractivity contribution in [2.24, 2.45) is 7.05 Å². The number of rotatable bonds is 2. The lowest BCUT2D eigenvalue weighted by molar-refractivity contribution is 0.0736. The molecule has 3 aromatic heterocycles. The van der Waals surface area contributed by atoms with Crippen LogP contribution in [0.3, 0.4) is 0 Å². The molecule has 0 unspecified atom stereocenters. The average Bonchev–Trinajstić information content (AvgIpc) is 3.25. The molecule has 0 radical (unpaired) electrons. The van der Waals surface area contributed by atoms with Crippen molar-refractivity contribution >= 4 is 11.6 Å². The largest absolute Gasteiger partial charge is 0.331 e. The van der Waals surface area contributed by atoms with Gasteiger partial charge in [-0.05, 0) is 39.7 Å². The Kier molecular flexibility index (Phi) is 3.59. The maximum atomic E-state index is 13.3. The van der Waals surface area contributed by atoms with Crippen molar-refractivity contribution in [2.75, 3.05) is 6.54 Å². The van der Waals surface area contributed by atoms with Gasteiger partial charge in [0.15, 0.2) is 5.65 Å². The Labute approximate surface area is 146 Å². The number of amides is 1. The summed E-state index contributed by atoms with van der Waals surface area (Å²) in [4.78, 5) is 19.7. The topological polar surface area (TPSA) is 68.3 Å². The lowest BCUT2D eigenvalue weighted by Gasteiger charge is -2.25. The van der Waals surface area contributed by atoms with Gasteiger partial charge >= 0.3 is 0 Å². The van der Waals surface area contributed by atoms with Crippen molar-refractivity contribution in [3.05, 3.63) is 46.7 Å². The molecule has 0 aromatic carbocycles. The van der Waals surface area contributed by atoms with Gasteiger partial charge in [0, 0.05) is 36.7 Å². The number of fused-ring (bicyclic) bond motifs is 1. The van der Waals surface area contributed by atoms with E-state index in [0.717, 1.165) is 36.5 Å². The Morgan fingerprint density at radius 3 is 2.80 bits per heavy atom. The van der Waals surface area contributed by atoms with E-state index in [1.807, 2.05) is 42.7 Å². The van der Waals surface area contributed by atoms with E-state index in [1.54, 1.807) is 10.7 Å². The van der Waals surface area contributed by atoms with Crippen LogP contribution in [-0.2, 0) is 7.05 Å². The lowest BCUT2D eigenvalue weighted by Crippen LogP contribution is -2.31. The Morgan fingerprint density at radius 1 is 1.28 bits per heavy atom. The minimum atomic E-state index is -0.00162. The third-order valence-electron chi connectivity index (χ3n) is 5.15. The van der Waals surface area contributed by atoms with Crippen molar-refractivity contribution in [1.29, 1.82) is 0 Å². The van der Waals surface area contributed by atoms with Crippen molar-refractivity contribution in [3.8, 4) is 0 Å². The molecule has 7 heteroatoms. The van der Waals surface area contributed by atoms with E-state index in [2.05, 4.69) is 22.1 Å². The average molecular weight is 338 g/mol. The number of likely N-dealkylation sites (tertiary alicyclic amines) is 1. The summed E-state index contributed by atoms with van der Waals surface area (Å²) < 4.78 is 3.55. The van der Waals surface area contributed by atoms with Crippen LogP contribution < -0.4 is 0 Å². The van der Waals surface area contributed by atoms with Crippen LogP contribution in [0.15, 0.2) is 18.5 Å². The van der Waals surface area contributed by atoms with Crippen LogP contribution in [0.5, 0.6) is 0 Å². The Hall–Kier alpha value is -2.70. The maximum Gasteiger partial charge on any atom is 0.259 e. The lowest BCUT2D eigenvalue weighted by atomic mass is 10.0. The molecule has 0 aliphatic carbocycles. The van der Waals surface area contributed by atoms with Gasteiger partial charge in [0.25, 0.3) is 5.91 Å². The van der Waals surface area contributed by atoms with Crippen LogP contribution in [0.2, 0.25) is 0 Å². The molecule has 1 saturated heterocycles. The molecule has 1 aliphatic heterocycles. The fourth-order valence-electron chi connectivity index (χ4n) is 3.85. The molecular formula is C18H22N6O. The van der Waals surface area contributed by atoms with Crippen molar-refractivity contribution < 1.29 is 4.79 Å². The Morgan fingerprint density at radius 2 is 2.08 bits per heavy atom. The van der Waals surface area contributed by atoms with Gasteiger partial charge in [0.2, 0.25) is 0 Å². The monoisotopic (exact) mass is 338 g/mol. The van der Waals surface area contributed by atoms with E-state index in [0.29, 0.717) is 11.2 Å². The fourth-order valence-corrected chi connectivity index (χ4v) is 3.85. The van der Waals surface area contributed by atoms with Crippen LogP contribution in [0.25, 0.3) is 5.65 Å². The third-order valence-corrected chi connectivity index (χ3v) is 5.15. The number of hydrogen-bond acceptors (Lipinski definition) is 4. The number of hydrogen-bond donors (Lipinski definition) is 0. The summed E-state index contributed by atoms with van der Waals surface area (Å²) in [7, 11) is 1.95. The van der Waals surface area contributed by atoms with Gasteiger partial charge in [-0.15, -0.1) is 0 Å². The Balaban J connectivity index is 1.74. The number of carbonyl (C=O) groups is 1. The van der Waals surface area contributed by atoms with Crippen LogP contribution in [0.4, 0.5) is 0 Å². The molecule has 3 aromatic rings. The van der Waals surface area contributed by atoms with Crippen LogP contribution in [0, 0.1) is 20.8 Å². The van der Waals surface area contributed by atoms with Gasteiger partial charge in [0.1, 0.15) is 5.56 Å². The number of aromatic nitrogens is 5. The van der Waals surface area contributed by atoms with Gasteiger partial charge in [0.05, 0.1) is 17.9 Å². The number of carbonyl (C=O) groups excluding carboxylic acids is 1. The highest BCUT2D eigenvalue weighted by atomic mass is 16.2. The van der Waals surface area contributed by atoms with E-state index in [9.17, 15) is 4.79 Å². The minimum Gasteiger partial charge on any atom is -0.331 e. The maximum absolute atomic E-state index is 13.3. The first kappa shape index (κ1) is 15.8. The molecule has 4 heterocycles. The zero-order valence-electron chi connectivity index (χ0n) is 15.0. The molecule has 1 aliphatic rings. The van der Waals surface area contributed by atoms with E-state index >= 15 is 0 Å². The second kappa shape index (κ2) is 5.68. The Bertz CT molecular complexity index is 970. The highest BCUT2D eigenvalue weighted by Crippen LogP contribution is 2.36. The van der Waals surface area contributed by atoms with Gasteiger partial charge in [-0.25, -0.2) is 9.50 Å². The quantitative estimate of drug-likeness (QED) is 0.719. The predicted molar refractivity (Wildman–Crippen MR) is 93.4 cm³/mol. The standard InChI is InChI=1S/C18H22N6O/c1-11-7-9-24-17(20-11)14(10-19-24)18(25)23-8-5-6-15(23)16-12(2)21-22(4)13(16)3/h7,9-10,15H,5-6,8H2,1-4H3/t15-/m0/s1. The molecule has 0 saturated carbocycles. The first-order chi connectivity index (χ1) is 12.0. The molecule has 25 heavy (non-hydrogen) atoms. The van der Waals surface area contributed by atoms with E-state index < -0.39 is 0 Å². The van der Waals surface area contributed by atoms with Crippen LogP contribution >= 0.6 is 0 Å². The highest BCUT2D eigenvalue weighted by molar-refractivity contribution is 6.00. The minimum absolute atomic E-state index is 0.00162. The van der Waals surface area contributed by atoms with Crippen molar-refractivity contribution in [1.82, 2.24) is 29.3 Å². The summed E-state index contributed by atoms with van der Waals surface area (Å²) in [5.74, 6) is -0.00162. The molecule has 7 nitrogen and oxygen atoms in total. The smallest absolute Gasteiger partial charge is 0.259 e. The van der Waals surface area contributed by atoms with Crippen LogP contribution in [-0.4, -0.2) is 41.7 Å². The zero-order chi connectivity index (χ0) is 17.7. The van der Waals surface area contributed by atoms with E-state index in [-0.39, 0.29) is 11.9 Å². The van der Waals surface area contributed by atoms with Crippen LogP contribution in [0.1, 0.15) is 51.9 Å². The fraction of sp³-hybridized carbons (Fsp3) is 0.444. The van der Waals surface area contributed by atoms with Crippen molar-refractivity contribution in [3.63, 3.8) is 0 Å². The zero-order valence-corrected chi connectivity index (χ0v) is 15.0. The number of aryl methyl sites for hydroxylation is 3. The summed E-state index contributed by atoms with van der Waals surface area (Å²) in [6.45, 7) is 6.75. The number of nitrogens with zero attached hydrogens (tertiary/aromatic N) is 6. The normalized spacial score (nSPS) is 17.6. The molecule has 130 valence electrons. The first-order valence-electron chi connectivity index (χ1n) is 8.59. The van der Waals surface area contributed by atoms with Gasteiger partial charge < -0.3 is 4.90 Å². The summed E-state index contributed by atoms with van der Waals surface area (Å²) in [5.41, 5.74) is 5.35. The summed E-state index contributed by atoms with van der Waals surface area (Å²) >= 11 is 0. The van der Waals surface area contributed by atoms with E-state index in [1.165, 1.54) is 5.56 Å². The van der Waals surface area contributed by atoms with Gasteiger partial charge in [-0.1, -0.05) is 0 Å². The molecule has 0 spiro atoms. The van der Waals surface area contributed by atoms with Gasteiger partial charge in [-0.2, -0.15) is 10.2 Å². The molecule has 0 bridgehead atoms. The molecule has 1 amide bonds. The summed E-state index contributed by atoms with van der Waals surface area (Å²) in [6.07, 6.45) is 5.42. The third kappa shape index (κ3) is 2.42. The second-order valence-corrected chi connectivity index (χ2v) is 6.76. The molecular weight excluding hydrogens is 316 g/mol. The SMILES string of the molecule is Cc1ccn2ncc(C(=O)N3CCC[C@H]3c3c(C)nn(C)c3C)c2n1. The first-order valence-corrected chi connectivity index (χ1v) is 8.59. The summed E-state index contributed by atoms with van der Waals surface area (Å²) in [5, 5.41) is 8.80. The highest BCUT2D eigenvalue weighted by Gasteiger charge is 2.35. The van der Waals surface area contributed by atoms with E-state index in [4.69, 9.17) is 0 Å².